The summed E-state index contributed by atoms with van der Waals surface area (Å²) in [4.78, 5) is 11.8. The molecular weight excluding hydrogens is 360 g/mol. The molecule has 0 unspecified atom stereocenters. The van der Waals surface area contributed by atoms with Crippen molar-refractivity contribution in [1.29, 1.82) is 0 Å². The van der Waals surface area contributed by atoms with Gasteiger partial charge in [-0.15, -0.1) is 5.10 Å². The van der Waals surface area contributed by atoms with Crippen LogP contribution < -0.4 is 5.32 Å². The first-order valence-corrected chi connectivity index (χ1v) is 9.92. The summed E-state index contributed by atoms with van der Waals surface area (Å²) in [5, 5.41) is 38.1. The van der Waals surface area contributed by atoms with Crippen molar-refractivity contribution in [2.24, 2.45) is 0 Å². The topological polar surface area (TPSA) is 130 Å². The zero-order chi connectivity index (χ0) is 19.3. The van der Waals surface area contributed by atoms with Crippen molar-refractivity contribution in [3.8, 4) is 0 Å². The third-order valence-corrected chi connectivity index (χ3v) is 4.72. The number of carbonyl (C=O) groups is 1. The number of aromatic nitrogens is 3. The van der Waals surface area contributed by atoms with Crippen molar-refractivity contribution in [2.75, 3.05) is 37.9 Å². The van der Waals surface area contributed by atoms with Crippen LogP contribution >= 0.6 is 11.8 Å². The Kier molecular flexibility index (Phi) is 11.5. The second kappa shape index (κ2) is 13.0. The van der Waals surface area contributed by atoms with Crippen molar-refractivity contribution < 1.29 is 24.9 Å². The van der Waals surface area contributed by atoms with Gasteiger partial charge in [-0.25, -0.2) is 0 Å². The molecule has 0 bridgehead atoms. The Hall–Kier alpha value is -1.20. The number of aliphatic hydroxyl groups is 3. The molecule has 1 aromatic rings. The van der Waals surface area contributed by atoms with Crippen molar-refractivity contribution in [2.45, 2.75) is 44.9 Å². The molecule has 26 heavy (non-hydrogen) atoms. The molecule has 1 rings (SSSR count). The van der Waals surface area contributed by atoms with E-state index in [1.807, 2.05) is 6.20 Å². The lowest BCUT2D eigenvalue weighted by atomic mass is 10.0. The maximum Gasteiger partial charge on any atom is 0.221 e. The molecule has 0 fully saturated rings. The van der Waals surface area contributed by atoms with E-state index < -0.39 is 25.4 Å². The maximum atomic E-state index is 11.8. The van der Waals surface area contributed by atoms with Crippen LogP contribution in [0.3, 0.4) is 0 Å². The van der Waals surface area contributed by atoms with E-state index in [4.69, 9.17) is 4.74 Å². The van der Waals surface area contributed by atoms with E-state index in [0.29, 0.717) is 19.0 Å². The SMILES string of the molecule is CCCOCc1cn(CCCSCCC(=O)NC(CO)(CO)CO)nn1. The number of carbonyl (C=O) groups excluding carboxylic acids is 1. The molecular formula is C16H30N4O5S. The summed E-state index contributed by atoms with van der Waals surface area (Å²) in [6, 6.07) is 0. The molecule has 0 saturated heterocycles. The Balaban J connectivity index is 2.13. The number of rotatable bonds is 15. The number of aliphatic hydroxyl groups excluding tert-OH is 3. The molecule has 0 spiro atoms. The molecule has 0 aliphatic heterocycles. The van der Waals surface area contributed by atoms with Gasteiger partial charge in [0, 0.05) is 25.3 Å². The van der Waals surface area contributed by atoms with Crippen molar-refractivity contribution >= 4 is 17.7 Å². The highest BCUT2D eigenvalue weighted by atomic mass is 32.2. The fraction of sp³-hybridized carbons (Fsp3) is 0.812. The summed E-state index contributed by atoms with van der Waals surface area (Å²) in [5.41, 5.74) is -0.532. The van der Waals surface area contributed by atoms with Gasteiger partial charge in [0.15, 0.2) is 0 Å². The van der Waals surface area contributed by atoms with Gasteiger partial charge in [-0.3, -0.25) is 9.48 Å². The quantitative estimate of drug-likeness (QED) is 0.296. The molecule has 0 aliphatic carbocycles. The number of nitrogens with one attached hydrogen (secondary N) is 1. The minimum atomic E-state index is -1.35. The van der Waals surface area contributed by atoms with Gasteiger partial charge < -0.3 is 25.4 Å². The highest BCUT2D eigenvalue weighted by Gasteiger charge is 2.29. The molecule has 0 saturated carbocycles. The van der Waals surface area contributed by atoms with Gasteiger partial charge >= 0.3 is 0 Å². The van der Waals surface area contributed by atoms with Crippen molar-refractivity contribution in [3.63, 3.8) is 0 Å². The minimum Gasteiger partial charge on any atom is -0.394 e. The lowest BCUT2D eigenvalue weighted by Crippen LogP contribution is -2.57. The van der Waals surface area contributed by atoms with Crippen LogP contribution in [0, 0.1) is 0 Å². The third-order valence-electron chi connectivity index (χ3n) is 3.65. The second-order valence-electron chi connectivity index (χ2n) is 6.04. The average molecular weight is 391 g/mol. The van der Waals surface area contributed by atoms with E-state index in [2.05, 4.69) is 22.6 Å². The number of thioether (sulfide) groups is 1. The van der Waals surface area contributed by atoms with Crippen LogP contribution in [0.2, 0.25) is 0 Å². The zero-order valence-corrected chi connectivity index (χ0v) is 16.1. The van der Waals surface area contributed by atoms with Crippen LogP contribution in [-0.2, 0) is 22.7 Å². The van der Waals surface area contributed by atoms with Crippen LogP contribution in [0.5, 0.6) is 0 Å². The van der Waals surface area contributed by atoms with E-state index in [1.54, 1.807) is 16.4 Å². The van der Waals surface area contributed by atoms with Gasteiger partial charge in [0.2, 0.25) is 5.91 Å². The van der Waals surface area contributed by atoms with Gasteiger partial charge in [0.05, 0.1) is 32.6 Å². The Bertz CT molecular complexity index is 502. The maximum absolute atomic E-state index is 11.8. The predicted molar refractivity (Wildman–Crippen MR) is 98.7 cm³/mol. The summed E-state index contributed by atoms with van der Waals surface area (Å²) in [7, 11) is 0. The number of hydrogen-bond donors (Lipinski definition) is 4. The van der Waals surface area contributed by atoms with E-state index >= 15 is 0 Å². The van der Waals surface area contributed by atoms with E-state index in [-0.39, 0.29) is 12.3 Å². The second-order valence-corrected chi connectivity index (χ2v) is 7.27. The van der Waals surface area contributed by atoms with E-state index in [0.717, 1.165) is 30.8 Å². The Morgan fingerprint density at radius 3 is 2.69 bits per heavy atom. The van der Waals surface area contributed by atoms with Crippen LogP contribution in [0.1, 0.15) is 31.9 Å². The van der Waals surface area contributed by atoms with Gasteiger partial charge in [-0.1, -0.05) is 12.1 Å². The molecule has 0 aliphatic rings. The standard InChI is InChI=1S/C16H30N4O5S/c1-2-6-25-10-14-9-20(19-18-14)5-3-7-26-8-4-15(24)17-16(11-21,12-22)13-23/h9,21-23H,2-8,10-13H2,1H3,(H,17,24). The van der Waals surface area contributed by atoms with Crippen LogP contribution in [-0.4, -0.2) is 79.7 Å². The van der Waals surface area contributed by atoms with Crippen LogP contribution in [0.4, 0.5) is 0 Å². The fourth-order valence-corrected chi connectivity index (χ4v) is 2.92. The molecule has 0 atom stereocenters. The molecule has 9 nitrogen and oxygen atoms in total. The Morgan fingerprint density at radius 1 is 1.31 bits per heavy atom. The molecule has 10 heteroatoms. The summed E-state index contributed by atoms with van der Waals surface area (Å²) in [6.07, 6.45) is 4.02. The number of ether oxygens (including phenoxy) is 1. The summed E-state index contributed by atoms with van der Waals surface area (Å²) in [6.45, 7) is 2.47. The first-order valence-electron chi connectivity index (χ1n) is 8.77. The molecule has 4 N–H and O–H groups in total. The molecule has 150 valence electrons. The minimum absolute atomic E-state index is 0.259. The highest BCUT2D eigenvalue weighted by Crippen LogP contribution is 2.08. The van der Waals surface area contributed by atoms with Crippen LogP contribution in [0.25, 0.3) is 0 Å². The van der Waals surface area contributed by atoms with Gasteiger partial charge in [-0.05, 0) is 18.6 Å². The zero-order valence-electron chi connectivity index (χ0n) is 15.3. The lowest BCUT2D eigenvalue weighted by molar-refractivity contribution is -0.124. The van der Waals surface area contributed by atoms with Crippen LogP contribution in [0.15, 0.2) is 6.20 Å². The summed E-state index contributed by atoms with van der Waals surface area (Å²) >= 11 is 1.64. The lowest BCUT2D eigenvalue weighted by Gasteiger charge is -2.28. The van der Waals surface area contributed by atoms with Crippen molar-refractivity contribution in [1.82, 2.24) is 20.3 Å². The summed E-state index contributed by atoms with van der Waals surface area (Å²) in [5.74, 6) is 1.19. The van der Waals surface area contributed by atoms with Gasteiger partial charge in [0.1, 0.15) is 11.2 Å². The largest absolute Gasteiger partial charge is 0.394 e. The molecule has 0 aromatic carbocycles. The predicted octanol–water partition coefficient (Wildman–Crippen LogP) is -0.450. The summed E-state index contributed by atoms with van der Waals surface area (Å²) < 4.78 is 7.20. The smallest absolute Gasteiger partial charge is 0.221 e. The average Bonchev–Trinajstić information content (AvgIpc) is 3.10. The fourth-order valence-electron chi connectivity index (χ4n) is 2.06. The highest BCUT2D eigenvalue weighted by molar-refractivity contribution is 7.99. The first-order chi connectivity index (χ1) is 12.6. The normalized spacial score (nSPS) is 11.7. The van der Waals surface area contributed by atoms with Gasteiger partial charge in [-0.2, -0.15) is 11.8 Å². The number of hydrogen-bond acceptors (Lipinski definition) is 8. The number of aryl methyl sites for hydroxylation is 1. The van der Waals surface area contributed by atoms with Crippen molar-refractivity contribution in [3.05, 3.63) is 11.9 Å². The van der Waals surface area contributed by atoms with Gasteiger partial charge in [0.25, 0.3) is 0 Å². The number of nitrogens with zero attached hydrogens (tertiary/aromatic N) is 3. The molecule has 1 heterocycles. The molecule has 1 amide bonds. The Morgan fingerprint density at radius 2 is 2.04 bits per heavy atom. The molecule has 0 radical (unpaired) electrons. The first kappa shape index (κ1) is 22.8. The monoisotopic (exact) mass is 390 g/mol. The van der Waals surface area contributed by atoms with E-state index in [9.17, 15) is 20.1 Å². The van der Waals surface area contributed by atoms with E-state index in [1.165, 1.54) is 0 Å². The Labute approximate surface area is 158 Å². The third kappa shape index (κ3) is 8.45. The molecule has 1 aromatic heterocycles. The number of amides is 1.